The third-order valence-corrected chi connectivity index (χ3v) is 9.06. The molecule has 0 fully saturated rings. The highest BCUT2D eigenvalue weighted by molar-refractivity contribution is 7.86. The molecule has 2 heterocycles. The van der Waals surface area contributed by atoms with Gasteiger partial charge in [0.25, 0.3) is 20.2 Å². The Kier molecular flexibility index (Phi) is 14.0. The summed E-state index contributed by atoms with van der Waals surface area (Å²) in [6.45, 7) is 9.65. The van der Waals surface area contributed by atoms with Crippen molar-refractivity contribution in [3.05, 3.63) is 131 Å². The van der Waals surface area contributed by atoms with Crippen molar-refractivity contribution in [2.24, 2.45) is 0 Å². The Hall–Kier alpha value is -5.35. The number of pyridine rings is 2. The van der Waals surface area contributed by atoms with Crippen LogP contribution in [0.4, 0.5) is 16.2 Å². The number of amides is 2. The summed E-state index contributed by atoms with van der Waals surface area (Å²) in [7, 11) is -6.46. The summed E-state index contributed by atoms with van der Waals surface area (Å²) in [5.74, 6) is 0.611. The van der Waals surface area contributed by atoms with E-state index in [1.165, 1.54) is 24.3 Å². The van der Waals surface area contributed by atoms with Crippen molar-refractivity contribution in [2.75, 3.05) is 17.7 Å². The molecule has 13 nitrogen and oxygen atoms in total. The first-order valence-electron chi connectivity index (χ1n) is 15.7. The lowest BCUT2D eigenvalue weighted by Gasteiger charge is -2.26. The van der Waals surface area contributed by atoms with Gasteiger partial charge in [-0.15, -0.1) is 0 Å². The van der Waals surface area contributed by atoms with Crippen molar-refractivity contribution in [1.29, 1.82) is 0 Å². The van der Waals surface area contributed by atoms with Crippen LogP contribution in [0.15, 0.2) is 113 Å². The van der Waals surface area contributed by atoms with Crippen LogP contribution < -0.4 is 15.4 Å². The largest absolute Gasteiger partial charge is 0.505 e. The maximum Gasteiger partial charge on any atom is 0.323 e. The Morgan fingerprint density at radius 2 is 1.29 bits per heavy atom. The van der Waals surface area contributed by atoms with E-state index in [1.807, 2.05) is 52.8 Å². The summed E-state index contributed by atoms with van der Waals surface area (Å²) < 4.78 is 64.7. The van der Waals surface area contributed by atoms with Crippen LogP contribution in [0.3, 0.4) is 0 Å². The lowest BCUT2D eigenvalue weighted by atomic mass is 9.84. The van der Waals surface area contributed by atoms with Crippen LogP contribution in [0, 0.1) is 13.8 Å². The van der Waals surface area contributed by atoms with Crippen LogP contribution in [0.5, 0.6) is 11.5 Å². The fourth-order valence-electron chi connectivity index (χ4n) is 4.59. The average molecular weight is 751 g/mol. The van der Waals surface area contributed by atoms with Crippen LogP contribution in [0.25, 0.3) is 0 Å². The molecule has 0 atom stereocenters. The minimum Gasteiger partial charge on any atom is -0.505 e. The van der Waals surface area contributed by atoms with E-state index in [-0.39, 0.29) is 21.0 Å². The second kappa shape index (κ2) is 17.7. The normalized spacial score (nSPS) is 11.2. The van der Waals surface area contributed by atoms with Gasteiger partial charge in [0.1, 0.15) is 11.5 Å². The van der Waals surface area contributed by atoms with Crippen molar-refractivity contribution in [3.63, 3.8) is 0 Å². The fraction of sp³-hybridized carbons (Fsp3) is 0.216. The molecule has 5 aromatic rings. The lowest BCUT2D eigenvalue weighted by Crippen LogP contribution is -2.22. The number of phenols is 1. The lowest BCUT2D eigenvalue weighted by molar-refractivity contribution is 0.262. The number of anilines is 2. The highest BCUT2D eigenvalue weighted by atomic mass is 32.2. The van der Waals surface area contributed by atoms with Gasteiger partial charge in [-0.3, -0.25) is 19.1 Å². The van der Waals surface area contributed by atoms with Crippen LogP contribution in [-0.2, 0) is 32.1 Å². The van der Waals surface area contributed by atoms with Crippen molar-refractivity contribution in [1.82, 2.24) is 9.97 Å². The summed E-state index contributed by atoms with van der Waals surface area (Å²) in [6, 6.07) is 20.5. The van der Waals surface area contributed by atoms with Crippen LogP contribution in [-0.4, -0.2) is 54.2 Å². The number of nitrogens with zero attached hydrogens (tertiary/aromatic N) is 2. The number of aryl methyl sites for hydroxylation is 2. The molecule has 0 bridgehead atoms. The molecule has 5 rings (SSSR count). The smallest absolute Gasteiger partial charge is 0.323 e. The molecular formula is C37H42N4O9S2. The van der Waals surface area contributed by atoms with E-state index >= 15 is 0 Å². The zero-order valence-electron chi connectivity index (χ0n) is 29.5. The monoisotopic (exact) mass is 750 g/mol. The number of aromatic nitrogens is 2. The number of ether oxygens (including phenoxy) is 1. The predicted molar refractivity (Wildman–Crippen MR) is 199 cm³/mol. The van der Waals surface area contributed by atoms with Gasteiger partial charge in [-0.25, -0.2) is 4.79 Å². The summed E-state index contributed by atoms with van der Waals surface area (Å²) >= 11 is 0. The fourth-order valence-corrected chi connectivity index (χ4v) is 5.55. The van der Waals surface area contributed by atoms with E-state index < -0.39 is 26.3 Å². The number of phenolic OH excluding ortho intramolecular Hbond substituents is 1. The molecule has 0 aliphatic heterocycles. The van der Waals surface area contributed by atoms with Crippen molar-refractivity contribution in [3.8, 4) is 11.5 Å². The van der Waals surface area contributed by atoms with Crippen LogP contribution in [0.2, 0.25) is 0 Å². The molecule has 0 saturated carbocycles. The van der Waals surface area contributed by atoms with Gasteiger partial charge < -0.3 is 20.5 Å². The Labute approximate surface area is 304 Å². The van der Waals surface area contributed by atoms with Crippen molar-refractivity contribution < 1.29 is 40.6 Å². The maximum absolute atomic E-state index is 12.7. The van der Waals surface area contributed by atoms with E-state index in [0.717, 1.165) is 16.7 Å². The van der Waals surface area contributed by atoms with Gasteiger partial charge in [0.05, 0.1) is 34.5 Å². The number of carbonyl (C=O) groups is 1. The Bertz CT molecular complexity index is 2080. The summed E-state index contributed by atoms with van der Waals surface area (Å²) in [5, 5.41) is 16.6. The number of urea groups is 1. The standard InChI is InChI=1S/C23H26N4O3.2C7H8O3S/c1-23(2,3)18-13-19(30-4)17(12-15-7-10-24-11-8-15)20(21(18)28)27-22(29)26-16-6-5-9-25-14-16;2*1-6-2-4-7(5-3-6)11(8,9)10/h5-11,13-14,28H,12H2,1-4H3,(H2,26,27,29);2*2-5H,1H3,(H,8,9,10). The molecule has 52 heavy (non-hydrogen) atoms. The number of carbonyl (C=O) groups excluding carboxylic acids is 1. The molecule has 5 N–H and O–H groups in total. The zero-order chi connectivity index (χ0) is 38.7. The molecule has 0 saturated heterocycles. The number of methoxy groups -OCH3 is 1. The molecule has 0 aliphatic rings. The number of nitrogens with one attached hydrogen (secondary N) is 2. The van der Waals surface area contributed by atoms with Crippen molar-refractivity contribution >= 4 is 37.6 Å². The average Bonchev–Trinajstić information content (AvgIpc) is 3.07. The maximum atomic E-state index is 12.7. The molecule has 3 aromatic carbocycles. The van der Waals surface area contributed by atoms with Gasteiger partial charge in [0.15, 0.2) is 0 Å². The molecular weight excluding hydrogens is 709 g/mol. The predicted octanol–water partition coefficient (Wildman–Crippen LogP) is 7.21. The van der Waals surface area contributed by atoms with E-state index in [1.54, 1.807) is 68.3 Å². The minimum atomic E-state index is -4.02. The number of hydrogen-bond donors (Lipinski definition) is 5. The van der Waals surface area contributed by atoms with Crippen LogP contribution in [0.1, 0.15) is 48.6 Å². The number of aromatic hydroxyl groups is 1. The molecule has 2 aromatic heterocycles. The summed E-state index contributed by atoms with van der Waals surface area (Å²) in [6.07, 6.45) is 7.02. The first-order chi connectivity index (χ1) is 24.3. The third-order valence-electron chi connectivity index (χ3n) is 7.32. The Balaban J connectivity index is 0.000000269. The summed E-state index contributed by atoms with van der Waals surface area (Å²) in [4.78, 5) is 20.6. The van der Waals surface area contributed by atoms with Crippen LogP contribution >= 0.6 is 0 Å². The highest BCUT2D eigenvalue weighted by Crippen LogP contribution is 2.44. The zero-order valence-corrected chi connectivity index (χ0v) is 31.2. The first-order valence-corrected chi connectivity index (χ1v) is 18.6. The van der Waals surface area contributed by atoms with Gasteiger partial charge >= 0.3 is 6.03 Å². The van der Waals surface area contributed by atoms with E-state index in [2.05, 4.69) is 20.6 Å². The molecule has 0 radical (unpaired) electrons. The number of hydrogen-bond acceptors (Lipinski definition) is 9. The topological polar surface area (TPSA) is 205 Å². The van der Waals surface area contributed by atoms with Gasteiger partial charge in [-0.2, -0.15) is 16.8 Å². The third kappa shape index (κ3) is 12.5. The molecule has 276 valence electrons. The molecule has 0 aliphatic carbocycles. The molecule has 0 spiro atoms. The Morgan fingerprint density at radius 1 is 0.769 bits per heavy atom. The molecule has 0 unspecified atom stereocenters. The second-order valence-electron chi connectivity index (χ2n) is 12.5. The summed E-state index contributed by atoms with van der Waals surface area (Å²) in [5.41, 5.74) is 4.74. The van der Waals surface area contributed by atoms with E-state index in [0.29, 0.717) is 34.7 Å². The number of benzene rings is 3. The van der Waals surface area contributed by atoms with Gasteiger partial charge in [0.2, 0.25) is 0 Å². The highest BCUT2D eigenvalue weighted by Gasteiger charge is 2.26. The minimum absolute atomic E-state index is 0.0219. The Morgan fingerprint density at radius 3 is 1.71 bits per heavy atom. The number of rotatable bonds is 7. The second-order valence-corrected chi connectivity index (χ2v) is 15.4. The van der Waals surface area contributed by atoms with E-state index in [9.17, 15) is 26.7 Å². The van der Waals surface area contributed by atoms with Gasteiger partial charge in [-0.1, -0.05) is 56.2 Å². The van der Waals surface area contributed by atoms with Gasteiger partial charge in [-0.05, 0) is 79.4 Å². The quantitative estimate of drug-likeness (QED) is 0.0830. The molecule has 2 amide bonds. The van der Waals surface area contributed by atoms with Crippen molar-refractivity contribution in [2.45, 2.75) is 56.2 Å². The first kappa shape index (κ1) is 41.1. The SMILES string of the molecule is COc1cc(C(C)(C)C)c(O)c(NC(=O)Nc2cccnc2)c1Cc1ccncc1.Cc1ccc(S(=O)(=O)O)cc1.Cc1ccc(S(=O)(=O)O)cc1. The van der Waals surface area contributed by atoms with E-state index in [4.69, 9.17) is 13.8 Å². The molecule has 15 heteroatoms. The van der Waals surface area contributed by atoms with Gasteiger partial charge in [0, 0.05) is 36.1 Å².